The number of nitrogens with two attached hydrogens (primary N) is 1. The second kappa shape index (κ2) is 7.48. The Bertz CT molecular complexity index is 581. The average molecular weight is 282 g/mol. The molecule has 0 saturated heterocycles. The van der Waals surface area contributed by atoms with Crippen LogP contribution in [-0.4, -0.2) is 17.9 Å². The Labute approximate surface area is 126 Å². The smallest absolute Gasteiger partial charge is 0.222 e. The van der Waals surface area contributed by atoms with Crippen LogP contribution in [0.2, 0.25) is 0 Å². The number of rotatable bonds is 6. The molecule has 21 heavy (non-hydrogen) atoms. The Morgan fingerprint density at radius 1 is 1.05 bits per heavy atom. The molecule has 0 unspecified atom stereocenters. The molecule has 1 amide bonds. The minimum absolute atomic E-state index is 0.174. The van der Waals surface area contributed by atoms with Crippen LogP contribution < -0.4 is 5.73 Å². The summed E-state index contributed by atoms with van der Waals surface area (Å²) in [6.45, 7) is 0.606. The van der Waals surface area contributed by atoms with Gasteiger partial charge in [0.05, 0.1) is 0 Å². The molecule has 0 aliphatic carbocycles. The highest BCUT2D eigenvalue weighted by molar-refractivity contribution is 5.75. The number of nitrogens with zero attached hydrogens (tertiary/aromatic N) is 1. The van der Waals surface area contributed by atoms with E-state index in [0.717, 1.165) is 24.1 Å². The fourth-order valence-electron chi connectivity index (χ4n) is 2.33. The zero-order valence-corrected chi connectivity index (χ0v) is 12.5. The molecule has 110 valence electrons. The van der Waals surface area contributed by atoms with Crippen molar-refractivity contribution in [1.82, 2.24) is 4.90 Å². The van der Waals surface area contributed by atoms with Gasteiger partial charge in [-0.2, -0.15) is 0 Å². The summed E-state index contributed by atoms with van der Waals surface area (Å²) in [6, 6.07) is 17.9. The van der Waals surface area contributed by atoms with Crippen LogP contribution in [0.15, 0.2) is 54.6 Å². The van der Waals surface area contributed by atoms with Crippen LogP contribution in [0.5, 0.6) is 0 Å². The van der Waals surface area contributed by atoms with Gasteiger partial charge in [0.1, 0.15) is 0 Å². The highest BCUT2D eigenvalue weighted by Crippen LogP contribution is 2.11. The van der Waals surface area contributed by atoms with Gasteiger partial charge < -0.3 is 10.6 Å². The number of carbonyl (C=O) groups excluding carboxylic acids is 1. The van der Waals surface area contributed by atoms with Gasteiger partial charge in [0.2, 0.25) is 5.91 Å². The van der Waals surface area contributed by atoms with Crippen molar-refractivity contribution >= 4 is 11.6 Å². The lowest BCUT2D eigenvalue weighted by atomic mass is 10.1. The van der Waals surface area contributed by atoms with Crippen LogP contribution in [0.25, 0.3) is 0 Å². The largest absolute Gasteiger partial charge is 0.399 e. The number of anilines is 1. The summed E-state index contributed by atoms with van der Waals surface area (Å²) >= 11 is 0. The van der Waals surface area contributed by atoms with Crippen molar-refractivity contribution in [3.8, 4) is 0 Å². The molecule has 2 N–H and O–H groups in total. The van der Waals surface area contributed by atoms with Gasteiger partial charge in [-0.3, -0.25) is 4.79 Å². The van der Waals surface area contributed by atoms with E-state index in [1.165, 1.54) is 5.56 Å². The SMILES string of the molecule is CN(Cc1cccc(N)c1)C(=O)CCCc1ccccc1. The zero-order valence-electron chi connectivity index (χ0n) is 12.5. The number of aryl methyl sites for hydroxylation is 1. The summed E-state index contributed by atoms with van der Waals surface area (Å²) in [6.07, 6.45) is 2.40. The van der Waals surface area contributed by atoms with Gasteiger partial charge in [0.25, 0.3) is 0 Å². The summed E-state index contributed by atoms with van der Waals surface area (Å²) < 4.78 is 0. The van der Waals surface area contributed by atoms with Crippen molar-refractivity contribution in [2.75, 3.05) is 12.8 Å². The maximum absolute atomic E-state index is 12.1. The summed E-state index contributed by atoms with van der Waals surface area (Å²) in [4.78, 5) is 13.9. The predicted octanol–water partition coefficient (Wildman–Crippen LogP) is 3.25. The van der Waals surface area contributed by atoms with Crippen LogP contribution >= 0.6 is 0 Å². The normalized spacial score (nSPS) is 10.3. The summed E-state index contributed by atoms with van der Waals surface area (Å²) in [5.41, 5.74) is 8.83. The van der Waals surface area contributed by atoms with Gasteiger partial charge in [-0.25, -0.2) is 0 Å². The van der Waals surface area contributed by atoms with Crippen molar-refractivity contribution < 1.29 is 4.79 Å². The fourth-order valence-corrected chi connectivity index (χ4v) is 2.33. The summed E-state index contributed by atoms with van der Waals surface area (Å²) in [7, 11) is 1.84. The molecular weight excluding hydrogens is 260 g/mol. The van der Waals surface area contributed by atoms with Crippen LogP contribution in [0, 0.1) is 0 Å². The predicted molar refractivity (Wildman–Crippen MR) is 86.7 cm³/mol. The molecule has 3 heteroatoms. The molecule has 2 aromatic rings. The van der Waals surface area contributed by atoms with Crippen molar-refractivity contribution in [2.45, 2.75) is 25.8 Å². The Balaban J connectivity index is 1.77. The van der Waals surface area contributed by atoms with Crippen molar-refractivity contribution in [3.05, 3.63) is 65.7 Å². The lowest BCUT2D eigenvalue weighted by Gasteiger charge is -2.17. The first-order valence-electron chi connectivity index (χ1n) is 7.27. The number of amides is 1. The van der Waals surface area contributed by atoms with E-state index < -0.39 is 0 Å². The molecule has 0 radical (unpaired) electrons. The van der Waals surface area contributed by atoms with Crippen LogP contribution in [-0.2, 0) is 17.8 Å². The minimum atomic E-state index is 0.174. The first-order chi connectivity index (χ1) is 10.1. The third-order valence-corrected chi connectivity index (χ3v) is 3.50. The lowest BCUT2D eigenvalue weighted by molar-refractivity contribution is -0.130. The Morgan fingerprint density at radius 3 is 2.48 bits per heavy atom. The zero-order chi connectivity index (χ0) is 15.1. The summed E-state index contributed by atoms with van der Waals surface area (Å²) in [5.74, 6) is 0.174. The summed E-state index contributed by atoms with van der Waals surface area (Å²) in [5, 5.41) is 0. The number of hydrogen-bond acceptors (Lipinski definition) is 2. The Morgan fingerprint density at radius 2 is 1.76 bits per heavy atom. The molecule has 3 nitrogen and oxygen atoms in total. The van der Waals surface area contributed by atoms with E-state index in [2.05, 4.69) is 12.1 Å². The molecule has 0 aliphatic heterocycles. The molecule has 0 heterocycles. The van der Waals surface area contributed by atoms with E-state index >= 15 is 0 Å². The quantitative estimate of drug-likeness (QED) is 0.827. The van der Waals surface area contributed by atoms with Gasteiger partial charge >= 0.3 is 0 Å². The number of carbonyl (C=O) groups is 1. The van der Waals surface area contributed by atoms with E-state index in [9.17, 15) is 4.79 Å². The van der Waals surface area contributed by atoms with Crippen molar-refractivity contribution in [3.63, 3.8) is 0 Å². The standard InChI is InChI=1S/C18H22N2O/c1-20(14-16-10-5-11-17(19)13-16)18(21)12-6-9-15-7-3-2-4-8-15/h2-5,7-8,10-11,13H,6,9,12,14,19H2,1H3. The van der Waals surface area contributed by atoms with Crippen molar-refractivity contribution in [2.24, 2.45) is 0 Å². The molecule has 0 aliphatic rings. The topological polar surface area (TPSA) is 46.3 Å². The Hall–Kier alpha value is -2.29. The average Bonchev–Trinajstić information content (AvgIpc) is 2.48. The fraction of sp³-hybridized carbons (Fsp3) is 0.278. The molecule has 2 rings (SSSR count). The second-order valence-electron chi connectivity index (χ2n) is 5.33. The first-order valence-corrected chi connectivity index (χ1v) is 7.27. The molecule has 0 aromatic heterocycles. The van der Waals surface area contributed by atoms with Crippen LogP contribution in [0.4, 0.5) is 5.69 Å². The van der Waals surface area contributed by atoms with Gasteiger partial charge in [0, 0.05) is 25.7 Å². The number of benzene rings is 2. The van der Waals surface area contributed by atoms with E-state index in [4.69, 9.17) is 5.73 Å². The molecular formula is C18H22N2O. The highest BCUT2D eigenvalue weighted by atomic mass is 16.2. The Kier molecular flexibility index (Phi) is 5.38. The van der Waals surface area contributed by atoms with Gasteiger partial charge in [-0.1, -0.05) is 42.5 Å². The molecule has 0 atom stereocenters. The van der Waals surface area contributed by atoms with E-state index in [0.29, 0.717) is 13.0 Å². The molecule has 0 bridgehead atoms. The molecule has 0 saturated carbocycles. The third-order valence-electron chi connectivity index (χ3n) is 3.50. The van der Waals surface area contributed by atoms with Gasteiger partial charge in [0.15, 0.2) is 0 Å². The molecule has 2 aromatic carbocycles. The molecule has 0 spiro atoms. The first kappa shape index (κ1) is 15.1. The number of hydrogen-bond donors (Lipinski definition) is 1. The van der Waals surface area contributed by atoms with Crippen LogP contribution in [0.3, 0.4) is 0 Å². The third kappa shape index (κ3) is 4.95. The van der Waals surface area contributed by atoms with E-state index in [1.54, 1.807) is 4.90 Å². The monoisotopic (exact) mass is 282 g/mol. The van der Waals surface area contributed by atoms with E-state index in [1.807, 2.05) is 49.5 Å². The van der Waals surface area contributed by atoms with Crippen molar-refractivity contribution in [1.29, 1.82) is 0 Å². The van der Waals surface area contributed by atoms with Crippen LogP contribution in [0.1, 0.15) is 24.0 Å². The minimum Gasteiger partial charge on any atom is -0.399 e. The maximum Gasteiger partial charge on any atom is 0.222 e. The number of nitrogen functional groups attached to an aromatic ring is 1. The molecule has 0 fully saturated rings. The highest BCUT2D eigenvalue weighted by Gasteiger charge is 2.09. The van der Waals surface area contributed by atoms with Gasteiger partial charge in [-0.05, 0) is 36.1 Å². The van der Waals surface area contributed by atoms with E-state index in [-0.39, 0.29) is 5.91 Å². The lowest BCUT2D eigenvalue weighted by Crippen LogP contribution is -2.26. The second-order valence-corrected chi connectivity index (χ2v) is 5.33. The maximum atomic E-state index is 12.1. The van der Waals surface area contributed by atoms with Gasteiger partial charge in [-0.15, -0.1) is 0 Å².